The van der Waals surface area contributed by atoms with Gasteiger partial charge in [0.25, 0.3) is 5.91 Å². The van der Waals surface area contributed by atoms with Crippen molar-refractivity contribution in [3.63, 3.8) is 0 Å². The molecule has 0 bridgehead atoms. The average Bonchev–Trinajstić information content (AvgIpc) is 3.16. The number of aromatic nitrogens is 2. The topological polar surface area (TPSA) is 93.1 Å². The number of amides is 1. The maximum absolute atomic E-state index is 12.7. The molecule has 0 atom stereocenters. The molecule has 7 nitrogen and oxygen atoms in total. The molecule has 3 rings (SSSR count). The van der Waals surface area contributed by atoms with E-state index in [1.54, 1.807) is 54.5 Å². The fraction of sp³-hybridized carbons (Fsp3) is 0.158. The summed E-state index contributed by atoms with van der Waals surface area (Å²) in [5.41, 5.74) is 2.12. The summed E-state index contributed by atoms with van der Waals surface area (Å²) in [5.74, 6) is -0.305. The van der Waals surface area contributed by atoms with Crippen LogP contribution in [0, 0.1) is 0 Å². The fourth-order valence-electron chi connectivity index (χ4n) is 2.62. The molecule has 0 spiro atoms. The highest BCUT2D eigenvalue weighted by Crippen LogP contribution is 2.21. The summed E-state index contributed by atoms with van der Waals surface area (Å²) in [6, 6.07) is 13.8. The van der Waals surface area contributed by atoms with Gasteiger partial charge >= 0.3 is 0 Å². The number of nitrogens with one attached hydrogen (secondary N) is 2. The summed E-state index contributed by atoms with van der Waals surface area (Å²) >= 11 is 0. The maximum atomic E-state index is 12.7. The van der Waals surface area contributed by atoms with Crippen LogP contribution in [0.4, 0.5) is 11.4 Å². The Balaban J connectivity index is 1.81. The van der Waals surface area contributed by atoms with E-state index in [-0.39, 0.29) is 11.7 Å². The normalized spacial score (nSPS) is 11.1. The highest BCUT2D eigenvalue weighted by Gasteiger charge is 2.13. The third kappa shape index (κ3) is 4.73. The molecule has 1 heterocycles. The van der Waals surface area contributed by atoms with Crippen LogP contribution in [0.25, 0.3) is 5.69 Å². The monoisotopic (exact) mass is 384 g/mol. The third-order valence-electron chi connectivity index (χ3n) is 3.81. The molecule has 1 amide bonds. The zero-order chi connectivity index (χ0) is 19.3. The smallest absolute Gasteiger partial charge is 0.255 e. The van der Waals surface area contributed by atoms with Crippen molar-refractivity contribution in [2.24, 2.45) is 0 Å². The number of nitrogens with zero attached hydrogens (tertiary/aromatic N) is 2. The Kier molecular flexibility index (Phi) is 5.56. The van der Waals surface area contributed by atoms with E-state index in [9.17, 15) is 13.2 Å². The molecule has 0 aliphatic heterocycles. The minimum atomic E-state index is -3.41. The summed E-state index contributed by atoms with van der Waals surface area (Å²) in [6.45, 7) is 1.79. The highest BCUT2D eigenvalue weighted by atomic mass is 32.2. The van der Waals surface area contributed by atoms with Crippen molar-refractivity contribution in [2.45, 2.75) is 13.3 Å². The minimum Gasteiger partial charge on any atom is -0.320 e. The van der Waals surface area contributed by atoms with E-state index < -0.39 is 10.0 Å². The number of para-hydroxylation sites is 2. The average molecular weight is 384 g/mol. The lowest BCUT2D eigenvalue weighted by Gasteiger charge is -2.12. The number of carbonyl (C=O) groups excluding carboxylic acids is 1. The number of benzene rings is 2. The molecule has 8 heteroatoms. The maximum Gasteiger partial charge on any atom is 0.255 e. The second kappa shape index (κ2) is 8.05. The first-order chi connectivity index (χ1) is 13.0. The highest BCUT2D eigenvalue weighted by molar-refractivity contribution is 7.92. The molecule has 0 aliphatic carbocycles. The van der Waals surface area contributed by atoms with Crippen molar-refractivity contribution in [3.8, 4) is 5.69 Å². The Hall–Kier alpha value is -3.13. The molecule has 0 unspecified atom stereocenters. The number of carbonyl (C=O) groups is 1. The van der Waals surface area contributed by atoms with Gasteiger partial charge in [-0.2, -0.15) is 0 Å². The first kappa shape index (κ1) is 18.7. The molecule has 0 aliphatic rings. The summed E-state index contributed by atoms with van der Waals surface area (Å²) < 4.78 is 28.1. The Labute approximate surface area is 158 Å². The third-order valence-corrected chi connectivity index (χ3v) is 5.30. The van der Waals surface area contributed by atoms with Crippen molar-refractivity contribution in [3.05, 3.63) is 72.8 Å². The van der Waals surface area contributed by atoms with E-state index in [2.05, 4.69) is 15.0 Å². The molecule has 0 saturated carbocycles. The van der Waals surface area contributed by atoms with E-state index in [0.29, 0.717) is 23.4 Å². The van der Waals surface area contributed by atoms with Gasteiger partial charge in [0.1, 0.15) is 0 Å². The van der Waals surface area contributed by atoms with Crippen molar-refractivity contribution >= 4 is 27.3 Å². The number of hydrogen-bond acceptors (Lipinski definition) is 4. The SMILES string of the molecule is CCCS(=O)(=O)Nc1cccc(C(=O)Nc2ccccc2-n2ccnc2)c1. The van der Waals surface area contributed by atoms with Crippen LogP contribution in [0.1, 0.15) is 23.7 Å². The van der Waals surface area contributed by atoms with Crippen LogP contribution in [0.5, 0.6) is 0 Å². The van der Waals surface area contributed by atoms with E-state index >= 15 is 0 Å². The zero-order valence-electron chi connectivity index (χ0n) is 14.8. The molecule has 140 valence electrons. The largest absolute Gasteiger partial charge is 0.320 e. The summed E-state index contributed by atoms with van der Waals surface area (Å²) in [6.07, 6.45) is 5.60. The second-order valence-electron chi connectivity index (χ2n) is 5.94. The minimum absolute atomic E-state index is 0.0295. The van der Waals surface area contributed by atoms with Crippen LogP contribution in [-0.4, -0.2) is 29.6 Å². The quantitative estimate of drug-likeness (QED) is 0.654. The number of hydrogen-bond donors (Lipinski definition) is 2. The number of sulfonamides is 1. The summed E-state index contributed by atoms with van der Waals surface area (Å²) in [4.78, 5) is 16.7. The molecule has 27 heavy (non-hydrogen) atoms. The Morgan fingerprint density at radius 2 is 1.96 bits per heavy atom. The van der Waals surface area contributed by atoms with Crippen LogP contribution in [0.2, 0.25) is 0 Å². The molecule has 2 aromatic carbocycles. The van der Waals surface area contributed by atoms with Gasteiger partial charge in [-0.3, -0.25) is 9.52 Å². The fourth-order valence-corrected chi connectivity index (χ4v) is 3.75. The van der Waals surface area contributed by atoms with Gasteiger partial charge in [-0.25, -0.2) is 13.4 Å². The van der Waals surface area contributed by atoms with Crippen molar-refractivity contribution in [1.82, 2.24) is 9.55 Å². The van der Waals surface area contributed by atoms with Gasteiger partial charge in [0.2, 0.25) is 10.0 Å². The van der Waals surface area contributed by atoms with Crippen molar-refractivity contribution < 1.29 is 13.2 Å². The van der Waals surface area contributed by atoms with Crippen LogP contribution < -0.4 is 10.0 Å². The molecule has 3 aromatic rings. The van der Waals surface area contributed by atoms with Crippen LogP contribution in [0.3, 0.4) is 0 Å². The molecule has 0 saturated heterocycles. The summed E-state index contributed by atoms with van der Waals surface area (Å²) in [7, 11) is -3.41. The number of anilines is 2. The zero-order valence-corrected chi connectivity index (χ0v) is 15.6. The van der Waals surface area contributed by atoms with Gasteiger partial charge in [-0.1, -0.05) is 25.1 Å². The van der Waals surface area contributed by atoms with Gasteiger partial charge in [0, 0.05) is 23.6 Å². The standard InChI is InChI=1S/C19H20N4O3S/c1-2-12-27(25,26)22-16-7-5-6-15(13-16)19(24)21-17-8-3-4-9-18(17)23-11-10-20-14-23/h3-11,13-14,22H,2,12H2,1H3,(H,21,24). The van der Waals surface area contributed by atoms with Crippen LogP contribution >= 0.6 is 0 Å². The lowest BCUT2D eigenvalue weighted by molar-refractivity contribution is 0.102. The van der Waals surface area contributed by atoms with Gasteiger partial charge in [-0.15, -0.1) is 0 Å². The summed E-state index contributed by atoms with van der Waals surface area (Å²) in [5, 5.41) is 2.87. The van der Waals surface area contributed by atoms with E-state index in [1.807, 2.05) is 18.2 Å². The van der Waals surface area contributed by atoms with Gasteiger partial charge in [-0.05, 0) is 36.8 Å². The Bertz CT molecular complexity index is 1030. The molecule has 0 radical (unpaired) electrons. The number of imidazole rings is 1. The second-order valence-corrected chi connectivity index (χ2v) is 7.78. The van der Waals surface area contributed by atoms with Crippen molar-refractivity contribution in [1.29, 1.82) is 0 Å². The lowest BCUT2D eigenvalue weighted by Crippen LogP contribution is -2.17. The van der Waals surface area contributed by atoms with Crippen LogP contribution in [0.15, 0.2) is 67.3 Å². The van der Waals surface area contributed by atoms with Gasteiger partial charge in [0.15, 0.2) is 0 Å². The Morgan fingerprint density at radius 3 is 2.70 bits per heavy atom. The lowest BCUT2D eigenvalue weighted by atomic mass is 10.2. The van der Waals surface area contributed by atoms with Crippen molar-refractivity contribution in [2.75, 3.05) is 15.8 Å². The predicted octanol–water partition coefficient (Wildman–Crippen LogP) is 3.28. The van der Waals surface area contributed by atoms with E-state index in [4.69, 9.17) is 0 Å². The first-order valence-electron chi connectivity index (χ1n) is 8.48. The number of rotatable bonds is 7. The molecular weight excluding hydrogens is 364 g/mol. The van der Waals surface area contributed by atoms with Gasteiger partial charge < -0.3 is 9.88 Å². The molecule has 1 aromatic heterocycles. The molecule has 2 N–H and O–H groups in total. The van der Waals surface area contributed by atoms with Gasteiger partial charge in [0.05, 0.1) is 23.5 Å². The van der Waals surface area contributed by atoms with E-state index in [0.717, 1.165) is 5.69 Å². The Morgan fingerprint density at radius 1 is 1.15 bits per heavy atom. The van der Waals surface area contributed by atoms with Crippen LogP contribution in [-0.2, 0) is 10.0 Å². The predicted molar refractivity (Wildman–Crippen MR) is 106 cm³/mol. The molecule has 0 fully saturated rings. The first-order valence-corrected chi connectivity index (χ1v) is 10.1. The van der Waals surface area contributed by atoms with E-state index in [1.165, 1.54) is 6.07 Å². The molecular formula is C19H20N4O3S.